The lowest BCUT2D eigenvalue weighted by Gasteiger charge is -2.07. The number of sulfonamides is 1. The van der Waals surface area contributed by atoms with Gasteiger partial charge in [-0.2, -0.15) is 0 Å². The molecule has 1 aromatic carbocycles. The second-order valence-corrected chi connectivity index (χ2v) is 5.67. The Hall–Kier alpha value is -1.60. The summed E-state index contributed by atoms with van der Waals surface area (Å²) in [5.74, 6) is -0.975. The maximum absolute atomic E-state index is 10.8. The van der Waals surface area contributed by atoms with Crippen molar-refractivity contribution in [2.24, 2.45) is 0 Å². The van der Waals surface area contributed by atoms with Gasteiger partial charge in [-0.15, -0.1) is 0 Å². The number of rotatable bonds is 7. The van der Waals surface area contributed by atoms with Gasteiger partial charge in [-0.25, -0.2) is 17.9 Å². The molecule has 0 bridgehead atoms. The monoisotopic (exact) mass is 272 g/mol. The summed E-state index contributed by atoms with van der Waals surface area (Å²) in [6.45, 7) is 0.913. The summed E-state index contributed by atoms with van der Waals surface area (Å²) in [6.07, 6.45) is 1.72. The maximum atomic E-state index is 10.8. The number of carboxylic acid groups (broad SMARTS) is 1. The van der Waals surface area contributed by atoms with E-state index in [4.69, 9.17) is 5.11 Å². The number of nitrogens with one attached hydrogen (secondary N) is 2. The fourth-order valence-electron chi connectivity index (χ4n) is 1.34. The second kappa shape index (κ2) is 6.36. The zero-order chi connectivity index (χ0) is 13.6. The molecule has 7 heteroatoms. The molecule has 0 aliphatic heterocycles. The van der Waals surface area contributed by atoms with E-state index in [-0.39, 0.29) is 5.56 Å². The zero-order valence-electron chi connectivity index (χ0n) is 10.0. The highest BCUT2D eigenvalue weighted by molar-refractivity contribution is 7.88. The average molecular weight is 272 g/mol. The van der Waals surface area contributed by atoms with Crippen molar-refractivity contribution in [2.45, 2.75) is 6.42 Å². The van der Waals surface area contributed by atoms with Crippen LogP contribution in [0.4, 0.5) is 5.69 Å². The Morgan fingerprint density at radius 3 is 2.67 bits per heavy atom. The van der Waals surface area contributed by atoms with Crippen molar-refractivity contribution in [2.75, 3.05) is 24.7 Å². The van der Waals surface area contributed by atoms with Crippen LogP contribution in [-0.2, 0) is 10.0 Å². The molecule has 100 valence electrons. The molecule has 6 nitrogen and oxygen atoms in total. The van der Waals surface area contributed by atoms with Crippen LogP contribution in [0.15, 0.2) is 24.3 Å². The smallest absolute Gasteiger partial charge is 0.335 e. The fraction of sp³-hybridized carbons (Fsp3) is 0.364. The Balaban J connectivity index is 2.36. The molecule has 3 N–H and O–H groups in total. The van der Waals surface area contributed by atoms with Gasteiger partial charge in [-0.05, 0) is 24.6 Å². The van der Waals surface area contributed by atoms with Crippen LogP contribution in [0.5, 0.6) is 0 Å². The quantitative estimate of drug-likeness (QED) is 0.636. The number of carboxylic acids is 1. The van der Waals surface area contributed by atoms with Crippen LogP contribution in [0.25, 0.3) is 0 Å². The van der Waals surface area contributed by atoms with Crippen LogP contribution in [0.3, 0.4) is 0 Å². The second-order valence-electron chi connectivity index (χ2n) is 3.83. The molecule has 1 aromatic rings. The SMILES string of the molecule is CS(=O)(=O)NCCCNc1cccc(C(=O)O)c1. The molecule has 0 aromatic heterocycles. The number of hydrogen-bond donors (Lipinski definition) is 3. The van der Waals surface area contributed by atoms with E-state index >= 15 is 0 Å². The molecule has 0 heterocycles. The number of benzene rings is 1. The van der Waals surface area contributed by atoms with Gasteiger partial charge in [0.15, 0.2) is 0 Å². The first-order chi connectivity index (χ1) is 8.38. The first kappa shape index (κ1) is 14.5. The van der Waals surface area contributed by atoms with Gasteiger partial charge in [0, 0.05) is 18.8 Å². The molecular weight excluding hydrogens is 256 g/mol. The van der Waals surface area contributed by atoms with Gasteiger partial charge in [0.25, 0.3) is 0 Å². The van der Waals surface area contributed by atoms with E-state index in [1.807, 2.05) is 0 Å². The molecule has 1 rings (SSSR count). The number of carbonyl (C=O) groups is 1. The molecular formula is C11H16N2O4S. The van der Waals surface area contributed by atoms with Crippen LogP contribution >= 0.6 is 0 Å². The van der Waals surface area contributed by atoms with Gasteiger partial charge in [-0.1, -0.05) is 6.07 Å². The van der Waals surface area contributed by atoms with Gasteiger partial charge in [0.2, 0.25) is 10.0 Å². The molecule has 0 saturated heterocycles. The minimum absolute atomic E-state index is 0.217. The highest BCUT2D eigenvalue weighted by Gasteiger charge is 2.03. The number of hydrogen-bond acceptors (Lipinski definition) is 4. The standard InChI is InChI=1S/C11H16N2O4S/c1-18(16,17)13-7-3-6-12-10-5-2-4-9(8-10)11(14)15/h2,4-5,8,12-13H,3,6-7H2,1H3,(H,14,15). The van der Waals surface area contributed by atoms with Crippen LogP contribution in [0.1, 0.15) is 16.8 Å². The lowest BCUT2D eigenvalue weighted by atomic mass is 10.2. The third-order valence-electron chi connectivity index (χ3n) is 2.16. The van der Waals surface area contributed by atoms with E-state index < -0.39 is 16.0 Å². The van der Waals surface area contributed by atoms with E-state index in [1.165, 1.54) is 12.1 Å². The first-order valence-corrected chi connectivity index (χ1v) is 7.29. The van der Waals surface area contributed by atoms with E-state index in [1.54, 1.807) is 12.1 Å². The van der Waals surface area contributed by atoms with Crippen molar-refractivity contribution in [3.63, 3.8) is 0 Å². The predicted molar refractivity (Wildman–Crippen MR) is 69.4 cm³/mol. The van der Waals surface area contributed by atoms with E-state index in [0.717, 1.165) is 6.26 Å². The van der Waals surface area contributed by atoms with Crippen LogP contribution in [0, 0.1) is 0 Å². The normalized spacial score (nSPS) is 11.2. The van der Waals surface area contributed by atoms with Gasteiger partial charge in [-0.3, -0.25) is 0 Å². The van der Waals surface area contributed by atoms with Crippen molar-refractivity contribution in [3.05, 3.63) is 29.8 Å². The molecule has 0 spiro atoms. The molecule has 0 fully saturated rings. The molecule has 0 atom stereocenters. The molecule has 0 aliphatic carbocycles. The van der Waals surface area contributed by atoms with Crippen molar-refractivity contribution in [1.82, 2.24) is 4.72 Å². The van der Waals surface area contributed by atoms with Gasteiger partial charge in [0.1, 0.15) is 0 Å². The Kier molecular flexibility index (Phi) is 5.11. The summed E-state index contributed by atoms with van der Waals surface area (Å²) in [5.41, 5.74) is 0.920. The Morgan fingerprint density at radius 2 is 2.06 bits per heavy atom. The minimum atomic E-state index is -3.14. The van der Waals surface area contributed by atoms with Crippen LogP contribution in [-0.4, -0.2) is 38.8 Å². The molecule has 18 heavy (non-hydrogen) atoms. The van der Waals surface area contributed by atoms with Gasteiger partial charge < -0.3 is 10.4 Å². The zero-order valence-corrected chi connectivity index (χ0v) is 10.8. The summed E-state index contributed by atoms with van der Waals surface area (Å²) in [5, 5.41) is 11.8. The largest absolute Gasteiger partial charge is 0.478 e. The average Bonchev–Trinajstić information content (AvgIpc) is 2.27. The first-order valence-electron chi connectivity index (χ1n) is 5.40. The van der Waals surface area contributed by atoms with E-state index in [2.05, 4.69) is 10.0 Å². The molecule has 0 amide bonds. The van der Waals surface area contributed by atoms with Crippen molar-refractivity contribution >= 4 is 21.7 Å². The molecule has 0 aliphatic rings. The molecule has 0 radical (unpaired) electrons. The van der Waals surface area contributed by atoms with Gasteiger partial charge in [0.05, 0.1) is 11.8 Å². The third kappa shape index (κ3) is 5.65. The van der Waals surface area contributed by atoms with E-state index in [0.29, 0.717) is 25.2 Å². The lowest BCUT2D eigenvalue weighted by Crippen LogP contribution is -2.24. The van der Waals surface area contributed by atoms with Crippen LogP contribution in [0.2, 0.25) is 0 Å². The van der Waals surface area contributed by atoms with Crippen molar-refractivity contribution < 1.29 is 18.3 Å². The highest BCUT2D eigenvalue weighted by Crippen LogP contribution is 2.10. The Bertz CT molecular complexity index is 514. The predicted octanol–water partition coefficient (Wildman–Crippen LogP) is 0.736. The molecule has 0 saturated carbocycles. The number of anilines is 1. The van der Waals surface area contributed by atoms with Crippen LogP contribution < -0.4 is 10.0 Å². The van der Waals surface area contributed by atoms with Crippen molar-refractivity contribution in [1.29, 1.82) is 0 Å². The topological polar surface area (TPSA) is 95.5 Å². The lowest BCUT2D eigenvalue weighted by molar-refractivity contribution is 0.0697. The summed E-state index contributed by atoms with van der Waals surface area (Å²) >= 11 is 0. The fourth-order valence-corrected chi connectivity index (χ4v) is 1.86. The Labute approximate surface area is 106 Å². The highest BCUT2D eigenvalue weighted by atomic mass is 32.2. The summed E-state index contributed by atoms with van der Waals surface area (Å²) in [7, 11) is -3.14. The van der Waals surface area contributed by atoms with Gasteiger partial charge >= 0.3 is 5.97 Å². The summed E-state index contributed by atoms with van der Waals surface area (Å²) in [4.78, 5) is 10.7. The molecule has 0 unspecified atom stereocenters. The summed E-state index contributed by atoms with van der Waals surface area (Å²) in [6, 6.07) is 6.46. The third-order valence-corrected chi connectivity index (χ3v) is 2.88. The summed E-state index contributed by atoms with van der Waals surface area (Å²) < 4.78 is 24.0. The van der Waals surface area contributed by atoms with Crippen molar-refractivity contribution in [3.8, 4) is 0 Å². The Morgan fingerprint density at radius 1 is 1.33 bits per heavy atom. The minimum Gasteiger partial charge on any atom is -0.478 e. The van der Waals surface area contributed by atoms with E-state index in [9.17, 15) is 13.2 Å². The maximum Gasteiger partial charge on any atom is 0.335 e. The number of aromatic carboxylic acids is 1.